The third kappa shape index (κ3) is 6.44. The lowest BCUT2D eigenvalue weighted by molar-refractivity contribution is -0.111. The summed E-state index contributed by atoms with van der Waals surface area (Å²) in [5.74, 6) is 1.49. The van der Waals surface area contributed by atoms with Gasteiger partial charge in [-0.15, -0.1) is 0 Å². The SMILES string of the molecule is C=CC(=O)Nc1cccc(Nc2nc(Nc3ccc(OCCOC)cc3)ncc2NC)c1. The van der Waals surface area contributed by atoms with Gasteiger partial charge in [0.1, 0.15) is 12.4 Å². The minimum atomic E-state index is -0.276. The minimum Gasteiger partial charge on any atom is -0.491 e. The Hall–Kier alpha value is -4.11. The summed E-state index contributed by atoms with van der Waals surface area (Å²) in [4.78, 5) is 20.5. The normalized spacial score (nSPS) is 10.2. The molecule has 3 rings (SSSR count). The molecule has 0 aliphatic heterocycles. The smallest absolute Gasteiger partial charge is 0.247 e. The second kappa shape index (κ2) is 11.3. The van der Waals surface area contributed by atoms with E-state index in [2.05, 4.69) is 37.8 Å². The molecule has 9 heteroatoms. The van der Waals surface area contributed by atoms with Crippen LogP contribution >= 0.6 is 0 Å². The van der Waals surface area contributed by atoms with Crippen LogP contribution in [-0.2, 0) is 9.53 Å². The Kier molecular flexibility index (Phi) is 7.99. The molecule has 3 aromatic rings. The van der Waals surface area contributed by atoms with Crippen LogP contribution in [0.2, 0.25) is 0 Å². The number of carbonyl (C=O) groups is 1. The summed E-state index contributed by atoms with van der Waals surface area (Å²) >= 11 is 0. The molecule has 2 aromatic carbocycles. The molecule has 9 nitrogen and oxygen atoms in total. The van der Waals surface area contributed by atoms with E-state index in [0.29, 0.717) is 30.7 Å². The molecular formula is C23H26N6O3. The van der Waals surface area contributed by atoms with Crippen molar-refractivity contribution in [2.75, 3.05) is 48.6 Å². The van der Waals surface area contributed by atoms with Crippen molar-refractivity contribution in [2.45, 2.75) is 0 Å². The maximum Gasteiger partial charge on any atom is 0.247 e. The van der Waals surface area contributed by atoms with Crippen molar-refractivity contribution in [3.05, 3.63) is 67.4 Å². The molecule has 4 N–H and O–H groups in total. The molecule has 166 valence electrons. The molecule has 0 bridgehead atoms. The van der Waals surface area contributed by atoms with E-state index in [1.165, 1.54) is 6.08 Å². The largest absolute Gasteiger partial charge is 0.491 e. The van der Waals surface area contributed by atoms with Gasteiger partial charge >= 0.3 is 0 Å². The van der Waals surface area contributed by atoms with Crippen LogP contribution < -0.4 is 26.0 Å². The van der Waals surface area contributed by atoms with Gasteiger partial charge in [0.15, 0.2) is 5.82 Å². The van der Waals surface area contributed by atoms with Gasteiger partial charge < -0.3 is 30.7 Å². The number of methoxy groups -OCH3 is 1. The summed E-state index contributed by atoms with van der Waals surface area (Å²) < 4.78 is 10.6. The number of carbonyl (C=O) groups excluding carboxylic acids is 1. The van der Waals surface area contributed by atoms with Crippen molar-refractivity contribution < 1.29 is 14.3 Å². The van der Waals surface area contributed by atoms with Gasteiger partial charge in [-0.1, -0.05) is 12.6 Å². The molecule has 32 heavy (non-hydrogen) atoms. The van der Waals surface area contributed by atoms with Gasteiger partial charge in [0.25, 0.3) is 0 Å². The van der Waals surface area contributed by atoms with Crippen molar-refractivity contribution in [2.24, 2.45) is 0 Å². The Morgan fingerprint density at radius 1 is 1.06 bits per heavy atom. The number of rotatable bonds is 11. The molecule has 0 atom stereocenters. The van der Waals surface area contributed by atoms with Crippen molar-refractivity contribution in [3.63, 3.8) is 0 Å². The highest BCUT2D eigenvalue weighted by atomic mass is 16.5. The summed E-state index contributed by atoms with van der Waals surface area (Å²) in [7, 11) is 3.43. The quantitative estimate of drug-likeness (QED) is 0.263. The Morgan fingerprint density at radius 3 is 2.56 bits per heavy atom. The van der Waals surface area contributed by atoms with Crippen LogP contribution in [0.5, 0.6) is 5.75 Å². The van der Waals surface area contributed by atoms with Crippen LogP contribution in [0.15, 0.2) is 67.4 Å². The molecular weight excluding hydrogens is 408 g/mol. The third-order valence-corrected chi connectivity index (χ3v) is 4.30. The first-order valence-electron chi connectivity index (χ1n) is 9.95. The first kappa shape index (κ1) is 22.6. The summed E-state index contributed by atoms with van der Waals surface area (Å²) in [6.07, 6.45) is 2.91. The highest BCUT2D eigenvalue weighted by molar-refractivity contribution is 5.99. The highest BCUT2D eigenvalue weighted by Gasteiger charge is 2.08. The van der Waals surface area contributed by atoms with E-state index in [-0.39, 0.29) is 5.91 Å². The number of hydrogen-bond donors (Lipinski definition) is 4. The van der Waals surface area contributed by atoms with E-state index in [0.717, 1.165) is 22.8 Å². The predicted molar refractivity (Wildman–Crippen MR) is 127 cm³/mol. The van der Waals surface area contributed by atoms with Crippen molar-refractivity contribution in [3.8, 4) is 5.75 Å². The summed E-state index contributed by atoms with van der Waals surface area (Å²) in [6.45, 7) is 4.49. The zero-order valence-electron chi connectivity index (χ0n) is 18.0. The van der Waals surface area contributed by atoms with Crippen LogP contribution in [0.4, 0.5) is 34.5 Å². The fourth-order valence-electron chi connectivity index (χ4n) is 2.73. The van der Waals surface area contributed by atoms with Crippen LogP contribution in [0.1, 0.15) is 0 Å². The van der Waals surface area contributed by atoms with Gasteiger partial charge in [0, 0.05) is 31.2 Å². The van der Waals surface area contributed by atoms with E-state index < -0.39 is 0 Å². The maximum absolute atomic E-state index is 11.6. The van der Waals surface area contributed by atoms with E-state index in [9.17, 15) is 4.79 Å². The number of aromatic nitrogens is 2. The van der Waals surface area contributed by atoms with Gasteiger partial charge in [-0.25, -0.2) is 4.98 Å². The number of amides is 1. The molecule has 0 aliphatic carbocycles. The molecule has 0 saturated heterocycles. The van der Waals surface area contributed by atoms with E-state index in [1.54, 1.807) is 32.5 Å². The third-order valence-electron chi connectivity index (χ3n) is 4.30. The van der Waals surface area contributed by atoms with Gasteiger partial charge in [0.05, 0.1) is 18.5 Å². The van der Waals surface area contributed by atoms with Crippen LogP contribution in [-0.4, -0.2) is 43.2 Å². The van der Waals surface area contributed by atoms with E-state index >= 15 is 0 Å². The molecule has 1 amide bonds. The zero-order valence-corrected chi connectivity index (χ0v) is 18.0. The van der Waals surface area contributed by atoms with Gasteiger partial charge in [-0.3, -0.25) is 4.79 Å². The Balaban J connectivity index is 1.72. The fraction of sp³-hybridized carbons (Fsp3) is 0.174. The van der Waals surface area contributed by atoms with Gasteiger partial charge in [-0.05, 0) is 48.5 Å². The molecule has 0 saturated carbocycles. The molecule has 0 spiro atoms. The van der Waals surface area contributed by atoms with Crippen LogP contribution in [0.25, 0.3) is 0 Å². The van der Waals surface area contributed by atoms with E-state index in [1.807, 2.05) is 36.4 Å². The van der Waals surface area contributed by atoms with E-state index in [4.69, 9.17) is 9.47 Å². The average molecular weight is 435 g/mol. The molecule has 0 unspecified atom stereocenters. The lowest BCUT2D eigenvalue weighted by Gasteiger charge is -2.14. The summed E-state index contributed by atoms with van der Waals surface area (Å²) in [5.41, 5.74) is 2.94. The Bertz CT molecular complexity index is 1060. The van der Waals surface area contributed by atoms with Crippen LogP contribution in [0, 0.1) is 0 Å². The fourth-order valence-corrected chi connectivity index (χ4v) is 2.73. The molecule has 1 aromatic heterocycles. The first-order valence-corrected chi connectivity index (χ1v) is 9.95. The van der Waals surface area contributed by atoms with Crippen LogP contribution in [0.3, 0.4) is 0 Å². The van der Waals surface area contributed by atoms with Crippen molar-refractivity contribution in [1.82, 2.24) is 9.97 Å². The minimum absolute atomic E-state index is 0.276. The monoisotopic (exact) mass is 434 g/mol. The van der Waals surface area contributed by atoms with Crippen molar-refractivity contribution in [1.29, 1.82) is 0 Å². The Morgan fingerprint density at radius 2 is 1.84 bits per heavy atom. The van der Waals surface area contributed by atoms with Crippen molar-refractivity contribution >= 4 is 40.4 Å². The lowest BCUT2D eigenvalue weighted by Crippen LogP contribution is -2.08. The summed E-state index contributed by atoms with van der Waals surface area (Å²) in [5, 5.41) is 12.2. The molecule has 0 aliphatic rings. The second-order valence-corrected chi connectivity index (χ2v) is 6.60. The lowest BCUT2D eigenvalue weighted by atomic mass is 10.2. The number of hydrogen-bond acceptors (Lipinski definition) is 8. The van der Waals surface area contributed by atoms with Gasteiger partial charge in [-0.2, -0.15) is 4.98 Å². The molecule has 0 radical (unpaired) electrons. The number of anilines is 6. The van der Waals surface area contributed by atoms with Gasteiger partial charge in [0.2, 0.25) is 11.9 Å². The standard InChI is InChI=1S/C23H26N6O3/c1-4-21(30)26-17-6-5-7-18(14-17)27-22-20(24-2)15-25-23(29-22)28-16-8-10-19(11-9-16)32-13-12-31-3/h4-11,14-15,24H,1,12-13H2,2-3H3,(H,26,30)(H2,25,27,28,29). The number of nitrogens with zero attached hydrogens (tertiary/aromatic N) is 2. The molecule has 1 heterocycles. The average Bonchev–Trinajstić information content (AvgIpc) is 2.81. The molecule has 0 fully saturated rings. The second-order valence-electron chi connectivity index (χ2n) is 6.60. The first-order chi connectivity index (χ1) is 15.6. The highest BCUT2D eigenvalue weighted by Crippen LogP contribution is 2.26. The topological polar surface area (TPSA) is 109 Å². The zero-order chi connectivity index (χ0) is 22.8. The number of ether oxygens (including phenoxy) is 2. The maximum atomic E-state index is 11.6. The predicted octanol–water partition coefficient (Wildman–Crippen LogP) is 4.16. The number of benzene rings is 2. The Labute approximate surface area is 186 Å². The summed E-state index contributed by atoms with van der Waals surface area (Å²) in [6, 6.07) is 14.8. The number of nitrogens with one attached hydrogen (secondary N) is 4.